The quantitative estimate of drug-likeness (QED) is 0.281. The van der Waals surface area contributed by atoms with E-state index in [9.17, 15) is 9.90 Å². The molecule has 0 radical (unpaired) electrons. The molecule has 3 aromatic carbocycles. The van der Waals surface area contributed by atoms with Gasteiger partial charge in [-0.3, -0.25) is 0 Å². The van der Waals surface area contributed by atoms with Crippen molar-refractivity contribution in [1.29, 1.82) is 0 Å². The summed E-state index contributed by atoms with van der Waals surface area (Å²) in [6.45, 7) is 12.5. The van der Waals surface area contributed by atoms with Crippen molar-refractivity contribution in [3.63, 3.8) is 0 Å². The van der Waals surface area contributed by atoms with Crippen LogP contribution in [0.2, 0.25) is 5.02 Å². The molecule has 200 valence electrons. The first-order chi connectivity index (χ1) is 18.1. The lowest BCUT2D eigenvalue weighted by Crippen LogP contribution is -2.36. The smallest absolute Gasteiger partial charge is 0.341 e. The molecule has 0 unspecified atom stereocenters. The fourth-order valence-electron chi connectivity index (χ4n) is 5.57. The van der Waals surface area contributed by atoms with Gasteiger partial charge in [-0.05, 0) is 60.7 Å². The van der Waals surface area contributed by atoms with Gasteiger partial charge in [0.1, 0.15) is 5.75 Å². The van der Waals surface area contributed by atoms with E-state index in [1.165, 1.54) is 11.1 Å². The average Bonchev–Trinajstić information content (AvgIpc) is 2.92. The molecular formula is C33H37ClO4. The molecule has 1 N–H and O–H groups in total. The zero-order valence-electron chi connectivity index (χ0n) is 22.6. The van der Waals surface area contributed by atoms with E-state index in [1.807, 2.05) is 49.4 Å². The molecule has 0 aliphatic carbocycles. The summed E-state index contributed by atoms with van der Waals surface area (Å²) in [5.41, 5.74) is 5.13. The Morgan fingerprint density at radius 1 is 1.08 bits per heavy atom. The minimum Gasteiger partial charge on any atom is -0.482 e. The maximum Gasteiger partial charge on any atom is 0.341 e. The van der Waals surface area contributed by atoms with Crippen LogP contribution < -0.4 is 4.74 Å². The van der Waals surface area contributed by atoms with Crippen LogP contribution >= 0.6 is 11.6 Å². The topological polar surface area (TPSA) is 55.8 Å². The van der Waals surface area contributed by atoms with Crippen molar-refractivity contribution in [3.8, 4) is 5.75 Å². The SMILES string of the molecule is C=C(C)[C@H]1C[C@H](c2ccc(Cl)cc2)[C@H](CC)O[C@@H]1c1cc(C(C)(C)c2ccccc2)ccc1OCC(=O)O. The second-order valence-electron chi connectivity index (χ2n) is 10.8. The third-order valence-electron chi connectivity index (χ3n) is 7.86. The third kappa shape index (κ3) is 5.98. The predicted molar refractivity (Wildman–Crippen MR) is 153 cm³/mol. The lowest BCUT2D eigenvalue weighted by Gasteiger charge is -2.43. The van der Waals surface area contributed by atoms with Crippen molar-refractivity contribution >= 4 is 17.6 Å². The van der Waals surface area contributed by atoms with E-state index < -0.39 is 12.6 Å². The second-order valence-corrected chi connectivity index (χ2v) is 11.2. The van der Waals surface area contributed by atoms with Gasteiger partial charge in [-0.2, -0.15) is 0 Å². The fourth-order valence-corrected chi connectivity index (χ4v) is 5.70. The molecule has 0 saturated carbocycles. The first kappa shape index (κ1) is 27.9. The fraction of sp³-hybridized carbons (Fsp3) is 0.364. The zero-order valence-corrected chi connectivity index (χ0v) is 23.4. The van der Waals surface area contributed by atoms with E-state index in [1.54, 1.807) is 0 Å². The lowest BCUT2D eigenvalue weighted by atomic mass is 9.73. The van der Waals surface area contributed by atoms with E-state index >= 15 is 0 Å². The predicted octanol–water partition coefficient (Wildman–Crippen LogP) is 8.35. The van der Waals surface area contributed by atoms with E-state index in [0.717, 1.165) is 29.5 Å². The van der Waals surface area contributed by atoms with Gasteiger partial charge in [-0.1, -0.05) is 93.1 Å². The molecule has 1 heterocycles. The van der Waals surface area contributed by atoms with Gasteiger partial charge < -0.3 is 14.6 Å². The van der Waals surface area contributed by atoms with Crippen molar-refractivity contribution in [1.82, 2.24) is 0 Å². The Kier molecular flexibility index (Phi) is 8.64. The number of carbonyl (C=O) groups is 1. The highest BCUT2D eigenvalue weighted by atomic mass is 35.5. The molecule has 1 fully saturated rings. The molecule has 1 aliphatic heterocycles. The number of hydrogen-bond donors (Lipinski definition) is 1. The number of halogens is 1. The van der Waals surface area contributed by atoms with Gasteiger partial charge in [0.25, 0.3) is 0 Å². The molecule has 4 nitrogen and oxygen atoms in total. The van der Waals surface area contributed by atoms with Gasteiger partial charge in [0.15, 0.2) is 6.61 Å². The molecule has 0 aromatic heterocycles. The van der Waals surface area contributed by atoms with Crippen LogP contribution in [0, 0.1) is 5.92 Å². The Bertz CT molecular complexity index is 1270. The summed E-state index contributed by atoms with van der Waals surface area (Å²) in [5, 5.41) is 10.0. The van der Waals surface area contributed by atoms with Gasteiger partial charge in [-0.15, -0.1) is 0 Å². The minimum atomic E-state index is -1.01. The maximum atomic E-state index is 11.4. The van der Waals surface area contributed by atoms with Gasteiger partial charge in [0.05, 0.1) is 12.2 Å². The van der Waals surface area contributed by atoms with Gasteiger partial charge in [0, 0.05) is 27.8 Å². The van der Waals surface area contributed by atoms with Crippen molar-refractivity contribution in [2.24, 2.45) is 5.92 Å². The van der Waals surface area contributed by atoms with Gasteiger partial charge in [0.2, 0.25) is 0 Å². The second kappa shape index (κ2) is 11.8. The van der Waals surface area contributed by atoms with Crippen LogP contribution in [0.15, 0.2) is 84.9 Å². The van der Waals surface area contributed by atoms with Crippen molar-refractivity contribution in [2.45, 2.75) is 64.1 Å². The lowest BCUT2D eigenvalue weighted by molar-refractivity contribution is -0.139. The van der Waals surface area contributed by atoms with Crippen LogP contribution in [-0.4, -0.2) is 23.8 Å². The molecule has 1 aliphatic rings. The van der Waals surface area contributed by atoms with Crippen molar-refractivity contribution < 1.29 is 19.4 Å². The number of carboxylic acids is 1. The van der Waals surface area contributed by atoms with Crippen LogP contribution in [0.5, 0.6) is 5.75 Å². The summed E-state index contributed by atoms with van der Waals surface area (Å²) < 4.78 is 12.7. The number of aliphatic carboxylic acids is 1. The Hall–Kier alpha value is -3.08. The Balaban J connectivity index is 1.78. The van der Waals surface area contributed by atoms with Crippen LogP contribution in [0.1, 0.15) is 74.8 Å². The standard InChI is InChI=1S/C33H37ClO4/c1-6-29-27(22-12-15-25(34)16-13-22)19-26(21(2)3)32(38-29)28-18-24(14-17-30(28)37-20-31(35)36)33(4,5)23-10-8-7-9-11-23/h7-18,26-27,29,32H,2,6,19-20H2,1,3-5H3,(H,35,36)/t26-,27-,29+,32+/m1/s1. The van der Waals surface area contributed by atoms with Crippen LogP contribution in [-0.2, 0) is 14.9 Å². The largest absolute Gasteiger partial charge is 0.482 e. The van der Waals surface area contributed by atoms with Crippen molar-refractivity contribution in [3.05, 3.63) is 112 Å². The minimum absolute atomic E-state index is 0.0186. The monoisotopic (exact) mass is 532 g/mol. The number of benzene rings is 3. The molecule has 5 heteroatoms. The maximum absolute atomic E-state index is 11.4. The van der Waals surface area contributed by atoms with E-state index in [4.69, 9.17) is 21.1 Å². The van der Waals surface area contributed by atoms with Crippen LogP contribution in [0.3, 0.4) is 0 Å². The highest BCUT2D eigenvalue weighted by molar-refractivity contribution is 6.30. The first-order valence-corrected chi connectivity index (χ1v) is 13.6. The van der Waals surface area contributed by atoms with Crippen LogP contribution in [0.25, 0.3) is 0 Å². The van der Waals surface area contributed by atoms with E-state index in [2.05, 4.69) is 57.7 Å². The highest BCUT2D eigenvalue weighted by Crippen LogP contribution is 2.49. The molecule has 0 amide bonds. The Labute approximate surface area is 231 Å². The summed E-state index contributed by atoms with van der Waals surface area (Å²) in [5.74, 6) is -0.251. The Morgan fingerprint density at radius 3 is 2.37 bits per heavy atom. The molecule has 1 saturated heterocycles. The number of hydrogen-bond acceptors (Lipinski definition) is 3. The normalized spacial score (nSPS) is 21.6. The molecule has 4 rings (SSSR count). The molecule has 0 spiro atoms. The van der Waals surface area contributed by atoms with Crippen LogP contribution in [0.4, 0.5) is 0 Å². The summed E-state index contributed by atoms with van der Waals surface area (Å²) in [4.78, 5) is 11.4. The average molecular weight is 533 g/mol. The molecule has 4 atom stereocenters. The summed E-state index contributed by atoms with van der Waals surface area (Å²) in [6, 6.07) is 24.5. The summed E-state index contributed by atoms with van der Waals surface area (Å²) in [7, 11) is 0. The number of ether oxygens (including phenoxy) is 2. The van der Waals surface area contributed by atoms with Gasteiger partial charge >= 0.3 is 5.97 Å². The Morgan fingerprint density at radius 2 is 1.76 bits per heavy atom. The molecular weight excluding hydrogens is 496 g/mol. The number of carboxylic acid groups (broad SMARTS) is 1. The molecule has 3 aromatic rings. The van der Waals surface area contributed by atoms with Crippen molar-refractivity contribution in [2.75, 3.05) is 6.61 Å². The number of rotatable bonds is 9. The van der Waals surface area contributed by atoms with E-state index in [-0.39, 0.29) is 29.5 Å². The first-order valence-electron chi connectivity index (χ1n) is 13.2. The summed E-state index contributed by atoms with van der Waals surface area (Å²) >= 11 is 6.17. The highest BCUT2D eigenvalue weighted by Gasteiger charge is 2.40. The van der Waals surface area contributed by atoms with E-state index in [0.29, 0.717) is 10.8 Å². The van der Waals surface area contributed by atoms with Gasteiger partial charge in [-0.25, -0.2) is 4.79 Å². The zero-order chi connectivity index (χ0) is 27.4. The summed E-state index contributed by atoms with van der Waals surface area (Å²) in [6.07, 6.45) is 1.38. The molecule has 38 heavy (non-hydrogen) atoms. The molecule has 0 bridgehead atoms. The third-order valence-corrected chi connectivity index (χ3v) is 8.11.